The van der Waals surface area contributed by atoms with E-state index in [1.54, 1.807) is 0 Å². The van der Waals surface area contributed by atoms with E-state index in [1.165, 1.54) is 5.56 Å². The van der Waals surface area contributed by atoms with Crippen LogP contribution in [0.15, 0.2) is 22.7 Å². The molecular weight excluding hydrogens is 302 g/mol. The van der Waals surface area contributed by atoms with Crippen LogP contribution in [0.1, 0.15) is 46.1 Å². The molecule has 1 N–H and O–H groups in total. The van der Waals surface area contributed by atoms with Gasteiger partial charge in [0, 0.05) is 11.0 Å². The number of ether oxygens (including phenoxy) is 1. The minimum Gasteiger partial charge on any atom is -0.490 e. The first-order valence-corrected chi connectivity index (χ1v) is 8.01. The van der Waals surface area contributed by atoms with Crippen LogP contribution in [0.4, 0.5) is 0 Å². The van der Waals surface area contributed by atoms with E-state index in [2.05, 4.69) is 61.1 Å². The summed E-state index contributed by atoms with van der Waals surface area (Å²) < 4.78 is 7.13. The van der Waals surface area contributed by atoms with Crippen LogP contribution in [0.3, 0.4) is 0 Å². The molecule has 2 nitrogen and oxygen atoms in total. The lowest BCUT2D eigenvalue weighted by atomic mass is 10.2. The molecule has 0 saturated heterocycles. The van der Waals surface area contributed by atoms with Crippen molar-refractivity contribution in [3.05, 3.63) is 28.2 Å². The van der Waals surface area contributed by atoms with Gasteiger partial charge < -0.3 is 10.1 Å². The van der Waals surface area contributed by atoms with Gasteiger partial charge in [-0.25, -0.2) is 0 Å². The molecule has 0 unspecified atom stereocenters. The third kappa shape index (κ3) is 5.96. The van der Waals surface area contributed by atoms with E-state index in [4.69, 9.17) is 4.74 Å². The molecule has 3 heteroatoms. The zero-order valence-corrected chi connectivity index (χ0v) is 14.1. The minimum absolute atomic E-state index is 0.317. The van der Waals surface area contributed by atoms with Crippen LogP contribution in [0, 0.1) is 5.92 Å². The molecule has 0 aromatic heterocycles. The van der Waals surface area contributed by atoms with Crippen LogP contribution in [0.5, 0.6) is 5.75 Å². The van der Waals surface area contributed by atoms with E-state index in [9.17, 15) is 0 Å². The molecule has 1 rings (SSSR count). The lowest BCUT2D eigenvalue weighted by Gasteiger charge is -2.17. The Bertz CT molecular complexity index is 375. The van der Waals surface area contributed by atoms with Crippen LogP contribution in [-0.4, -0.2) is 12.6 Å². The van der Waals surface area contributed by atoms with E-state index in [0.29, 0.717) is 12.0 Å². The minimum atomic E-state index is 0.317. The third-order valence-electron chi connectivity index (χ3n) is 3.10. The zero-order chi connectivity index (χ0) is 14.3. The normalized spacial score (nSPS) is 11.3. The Balaban J connectivity index is 2.65. The standard InChI is InChI=1S/C16H26BrNO/c1-5-14(6-2)19-15-7-8-16(17)13(9-15)11-18-10-12(3)4/h7-9,12,14,18H,5-6,10-11H2,1-4H3. The predicted octanol–water partition coefficient (Wildman–Crippen LogP) is 4.76. The molecule has 0 aliphatic rings. The van der Waals surface area contributed by atoms with Gasteiger partial charge in [-0.05, 0) is 49.1 Å². The monoisotopic (exact) mass is 327 g/mol. The summed E-state index contributed by atoms with van der Waals surface area (Å²) in [4.78, 5) is 0. The summed E-state index contributed by atoms with van der Waals surface area (Å²) in [5.41, 5.74) is 1.25. The van der Waals surface area contributed by atoms with Crippen LogP contribution in [0.2, 0.25) is 0 Å². The van der Waals surface area contributed by atoms with E-state index < -0.39 is 0 Å². The molecule has 19 heavy (non-hydrogen) atoms. The first kappa shape index (κ1) is 16.5. The van der Waals surface area contributed by atoms with Gasteiger partial charge in [-0.1, -0.05) is 43.6 Å². The van der Waals surface area contributed by atoms with E-state index in [0.717, 1.165) is 36.2 Å². The van der Waals surface area contributed by atoms with Gasteiger partial charge in [0.05, 0.1) is 6.10 Å². The first-order chi connectivity index (χ1) is 9.06. The molecule has 0 fully saturated rings. The van der Waals surface area contributed by atoms with Gasteiger partial charge in [-0.3, -0.25) is 0 Å². The van der Waals surface area contributed by atoms with Crippen molar-refractivity contribution in [1.82, 2.24) is 5.32 Å². The van der Waals surface area contributed by atoms with Gasteiger partial charge in [-0.2, -0.15) is 0 Å². The van der Waals surface area contributed by atoms with Crippen molar-refractivity contribution >= 4 is 15.9 Å². The molecule has 0 saturated carbocycles. The van der Waals surface area contributed by atoms with Crippen LogP contribution in [-0.2, 0) is 6.54 Å². The highest BCUT2D eigenvalue weighted by Crippen LogP contribution is 2.24. The van der Waals surface area contributed by atoms with Gasteiger partial charge in [-0.15, -0.1) is 0 Å². The number of hydrogen-bond acceptors (Lipinski definition) is 2. The Kier molecular flexibility index (Phi) is 7.47. The average Bonchev–Trinajstić information content (AvgIpc) is 2.38. The highest BCUT2D eigenvalue weighted by molar-refractivity contribution is 9.10. The SMILES string of the molecule is CCC(CC)Oc1ccc(Br)c(CNCC(C)C)c1. The topological polar surface area (TPSA) is 21.3 Å². The fraction of sp³-hybridized carbons (Fsp3) is 0.625. The molecule has 0 spiro atoms. The van der Waals surface area contributed by atoms with Gasteiger partial charge in [0.2, 0.25) is 0 Å². The van der Waals surface area contributed by atoms with E-state index >= 15 is 0 Å². The first-order valence-electron chi connectivity index (χ1n) is 7.22. The molecule has 0 radical (unpaired) electrons. The van der Waals surface area contributed by atoms with Gasteiger partial charge >= 0.3 is 0 Å². The molecule has 1 aromatic carbocycles. The average molecular weight is 328 g/mol. The molecule has 0 atom stereocenters. The lowest BCUT2D eigenvalue weighted by molar-refractivity contribution is 0.192. The molecule has 0 amide bonds. The van der Waals surface area contributed by atoms with Crippen molar-refractivity contribution in [3.8, 4) is 5.75 Å². The summed E-state index contributed by atoms with van der Waals surface area (Å²) in [5, 5.41) is 3.46. The maximum Gasteiger partial charge on any atom is 0.120 e. The fourth-order valence-corrected chi connectivity index (χ4v) is 2.29. The molecular formula is C16H26BrNO. The summed E-state index contributed by atoms with van der Waals surface area (Å²) in [5.74, 6) is 1.64. The Morgan fingerprint density at radius 2 is 1.89 bits per heavy atom. The van der Waals surface area contributed by atoms with Crippen molar-refractivity contribution in [2.75, 3.05) is 6.54 Å². The highest BCUT2D eigenvalue weighted by atomic mass is 79.9. The van der Waals surface area contributed by atoms with Crippen molar-refractivity contribution in [2.45, 2.75) is 53.2 Å². The highest BCUT2D eigenvalue weighted by Gasteiger charge is 2.07. The quantitative estimate of drug-likeness (QED) is 0.743. The smallest absolute Gasteiger partial charge is 0.120 e. The summed E-state index contributed by atoms with van der Waals surface area (Å²) in [6.45, 7) is 10.7. The Hall–Kier alpha value is -0.540. The lowest BCUT2D eigenvalue weighted by Crippen LogP contribution is -2.19. The predicted molar refractivity (Wildman–Crippen MR) is 85.7 cm³/mol. The van der Waals surface area contributed by atoms with Gasteiger partial charge in [0.15, 0.2) is 0 Å². The van der Waals surface area contributed by atoms with Crippen molar-refractivity contribution in [2.24, 2.45) is 5.92 Å². The second kappa shape index (κ2) is 8.60. The fourth-order valence-electron chi connectivity index (χ4n) is 1.90. The summed E-state index contributed by atoms with van der Waals surface area (Å²) >= 11 is 3.60. The van der Waals surface area contributed by atoms with Crippen molar-refractivity contribution in [3.63, 3.8) is 0 Å². The van der Waals surface area contributed by atoms with Crippen LogP contribution < -0.4 is 10.1 Å². The van der Waals surface area contributed by atoms with E-state index in [1.807, 2.05) is 6.07 Å². The third-order valence-corrected chi connectivity index (χ3v) is 3.87. The zero-order valence-electron chi connectivity index (χ0n) is 12.5. The second-order valence-corrected chi connectivity index (χ2v) is 6.19. The number of rotatable bonds is 8. The summed E-state index contributed by atoms with van der Waals surface area (Å²) in [7, 11) is 0. The Labute approximate surface area is 126 Å². The summed E-state index contributed by atoms with van der Waals surface area (Å²) in [6, 6.07) is 6.24. The maximum atomic E-state index is 5.99. The number of hydrogen-bond donors (Lipinski definition) is 1. The second-order valence-electron chi connectivity index (χ2n) is 5.33. The van der Waals surface area contributed by atoms with Crippen molar-refractivity contribution in [1.29, 1.82) is 0 Å². The maximum absolute atomic E-state index is 5.99. The summed E-state index contributed by atoms with van der Waals surface area (Å²) in [6.07, 6.45) is 2.42. The van der Waals surface area contributed by atoms with Gasteiger partial charge in [0.1, 0.15) is 5.75 Å². The molecule has 1 aromatic rings. The number of benzene rings is 1. The molecule has 0 aliphatic carbocycles. The molecule has 0 bridgehead atoms. The molecule has 0 heterocycles. The number of halogens is 1. The van der Waals surface area contributed by atoms with Crippen LogP contribution >= 0.6 is 15.9 Å². The molecule has 108 valence electrons. The van der Waals surface area contributed by atoms with Crippen molar-refractivity contribution < 1.29 is 4.74 Å². The van der Waals surface area contributed by atoms with Crippen LogP contribution in [0.25, 0.3) is 0 Å². The van der Waals surface area contributed by atoms with Gasteiger partial charge in [0.25, 0.3) is 0 Å². The Morgan fingerprint density at radius 3 is 2.47 bits per heavy atom. The number of nitrogens with one attached hydrogen (secondary N) is 1. The molecule has 0 aliphatic heterocycles. The Morgan fingerprint density at radius 1 is 1.21 bits per heavy atom. The largest absolute Gasteiger partial charge is 0.490 e. The van der Waals surface area contributed by atoms with E-state index in [-0.39, 0.29) is 0 Å².